The largest absolute Gasteiger partial charge is 0.309 e. The zero-order valence-corrected chi connectivity index (χ0v) is 24.9. The average molecular weight is 569 g/mol. The number of nitriles is 1. The number of aromatic nitrogens is 1. The number of thiophene rings is 1. The molecule has 0 amide bonds. The molecule has 43 heavy (non-hydrogen) atoms. The first-order chi connectivity index (χ1) is 21.0. The van der Waals surface area contributed by atoms with Crippen molar-refractivity contribution >= 4 is 58.9 Å². The molecule has 0 aliphatic heterocycles. The van der Waals surface area contributed by atoms with Crippen molar-refractivity contribution in [2.75, 3.05) is 0 Å². The minimum atomic E-state index is 0.0338. The van der Waals surface area contributed by atoms with Crippen molar-refractivity contribution in [3.63, 3.8) is 0 Å². The van der Waals surface area contributed by atoms with E-state index in [4.69, 9.17) is 0 Å². The summed E-state index contributed by atoms with van der Waals surface area (Å²) in [5.74, 6) is 0. The number of rotatable bonds is 2. The van der Waals surface area contributed by atoms with Crippen molar-refractivity contribution in [3.8, 4) is 22.9 Å². The summed E-state index contributed by atoms with van der Waals surface area (Å²) in [6, 6.07) is 37.3. The molecule has 204 valence electrons. The molecule has 7 aromatic rings. The van der Waals surface area contributed by atoms with Gasteiger partial charge in [-0.15, -0.1) is 11.3 Å². The van der Waals surface area contributed by atoms with Gasteiger partial charge in [0, 0.05) is 41.9 Å². The Bertz CT molecular complexity index is 2380. The maximum Gasteiger partial charge on any atom is 0.0991 e. The summed E-state index contributed by atoms with van der Waals surface area (Å²) in [5, 5.41) is 15.0. The first kappa shape index (κ1) is 24.7. The van der Waals surface area contributed by atoms with Gasteiger partial charge in [-0.25, -0.2) is 0 Å². The first-order valence-electron chi connectivity index (χ1n) is 15.0. The van der Waals surface area contributed by atoms with E-state index in [-0.39, 0.29) is 5.41 Å². The fourth-order valence-corrected chi connectivity index (χ4v) is 8.95. The molecule has 0 radical (unpaired) electrons. The lowest BCUT2D eigenvalue weighted by Crippen LogP contribution is -2.16. The highest BCUT2D eigenvalue weighted by atomic mass is 32.1. The molecular formula is C40H28N2S. The van der Waals surface area contributed by atoms with E-state index in [9.17, 15) is 5.26 Å². The van der Waals surface area contributed by atoms with Gasteiger partial charge in [0.25, 0.3) is 0 Å². The Morgan fingerprint density at radius 1 is 0.791 bits per heavy atom. The van der Waals surface area contributed by atoms with Crippen LogP contribution in [0.4, 0.5) is 0 Å². The molecular weight excluding hydrogens is 541 g/mol. The molecule has 3 heteroatoms. The zero-order chi connectivity index (χ0) is 28.9. The van der Waals surface area contributed by atoms with Gasteiger partial charge in [0.2, 0.25) is 0 Å². The van der Waals surface area contributed by atoms with Crippen LogP contribution >= 0.6 is 11.3 Å². The van der Waals surface area contributed by atoms with Crippen molar-refractivity contribution in [2.24, 2.45) is 0 Å². The number of hydrogen-bond acceptors (Lipinski definition) is 2. The summed E-state index contributed by atoms with van der Waals surface area (Å²) in [4.78, 5) is 0. The average Bonchev–Trinajstić information content (AvgIpc) is 3.66. The lowest BCUT2D eigenvalue weighted by atomic mass is 9.80. The molecule has 0 N–H and O–H groups in total. The first-order valence-corrected chi connectivity index (χ1v) is 15.8. The van der Waals surface area contributed by atoms with Gasteiger partial charge in [-0.2, -0.15) is 5.26 Å². The monoisotopic (exact) mass is 568 g/mol. The third-order valence-electron chi connectivity index (χ3n) is 9.72. The van der Waals surface area contributed by atoms with Crippen LogP contribution < -0.4 is 0 Å². The summed E-state index contributed by atoms with van der Waals surface area (Å²) in [6.45, 7) is 4.75. The Kier molecular flexibility index (Phi) is 5.05. The van der Waals surface area contributed by atoms with Crippen molar-refractivity contribution in [1.82, 2.24) is 4.57 Å². The third kappa shape index (κ3) is 3.33. The molecule has 2 aromatic heterocycles. The molecule has 0 atom stereocenters. The Labute approximate surface area is 254 Å². The van der Waals surface area contributed by atoms with Crippen LogP contribution in [-0.2, 0) is 5.41 Å². The van der Waals surface area contributed by atoms with Crippen LogP contribution in [0.5, 0.6) is 0 Å². The van der Waals surface area contributed by atoms with Crippen LogP contribution in [0.3, 0.4) is 0 Å². The molecule has 0 unspecified atom stereocenters. The number of fused-ring (bicyclic) bond motifs is 9. The van der Waals surface area contributed by atoms with Crippen LogP contribution in [0.1, 0.15) is 43.4 Å². The van der Waals surface area contributed by atoms with Gasteiger partial charge in [-0.05, 0) is 83.1 Å². The molecule has 2 nitrogen and oxygen atoms in total. The summed E-state index contributed by atoms with van der Waals surface area (Å²) < 4.78 is 5.07. The van der Waals surface area contributed by atoms with E-state index in [0.29, 0.717) is 5.56 Å². The van der Waals surface area contributed by atoms with E-state index < -0.39 is 0 Å². The molecule has 0 fully saturated rings. The normalized spacial score (nSPS) is 15.5. The van der Waals surface area contributed by atoms with E-state index >= 15 is 0 Å². The minimum Gasteiger partial charge on any atom is -0.309 e. The quantitative estimate of drug-likeness (QED) is 0.204. The van der Waals surface area contributed by atoms with E-state index in [0.717, 1.165) is 29.7 Å². The summed E-state index contributed by atoms with van der Waals surface area (Å²) in [5.41, 5.74) is 12.3. The molecule has 2 aliphatic rings. The Balaban J connectivity index is 1.31. The number of allylic oxidation sites excluding steroid dienone is 4. The predicted octanol–water partition coefficient (Wildman–Crippen LogP) is 11.1. The van der Waals surface area contributed by atoms with Crippen LogP contribution in [0.15, 0.2) is 115 Å². The molecule has 5 aromatic carbocycles. The van der Waals surface area contributed by atoms with Crippen molar-refractivity contribution in [1.29, 1.82) is 5.26 Å². The Morgan fingerprint density at radius 3 is 2.33 bits per heavy atom. The van der Waals surface area contributed by atoms with Crippen LogP contribution in [0, 0.1) is 11.3 Å². The van der Waals surface area contributed by atoms with Crippen LogP contribution in [0.25, 0.3) is 64.4 Å². The standard InChI is InChI=1S/C40H28N2S/c1-40(2)32-12-6-3-11-29(32)38-33(40)18-17-28-31-22-25(16-20-37(31)43-39(28)38)30-21-24(23-41)15-19-36(30)42-34-13-7-4-9-26(34)27-10-5-8-14-35(27)42/h4-10,12-22H,3,11H2,1-2H3. The van der Waals surface area contributed by atoms with Crippen LogP contribution in [-0.4, -0.2) is 4.57 Å². The molecule has 2 aliphatic carbocycles. The second kappa shape index (κ2) is 8.80. The lowest BCUT2D eigenvalue weighted by molar-refractivity contribution is 0.652. The van der Waals surface area contributed by atoms with Gasteiger partial charge in [-0.3, -0.25) is 0 Å². The third-order valence-corrected chi connectivity index (χ3v) is 10.9. The minimum absolute atomic E-state index is 0.0338. The SMILES string of the molecule is CC1(C)C2=C(CCC=C2)c2c1ccc1c2sc2ccc(-c3cc(C#N)ccc3-n3c4ccccc4c4ccccc43)cc21. The number of para-hydroxylation sites is 2. The summed E-state index contributed by atoms with van der Waals surface area (Å²) in [7, 11) is 0. The van der Waals surface area contributed by atoms with Gasteiger partial charge in [0.05, 0.1) is 28.4 Å². The molecule has 9 rings (SSSR count). The molecule has 0 bridgehead atoms. The van der Waals surface area contributed by atoms with Crippen LogP contribution in [0.2, 0.25) is 0 Å². The van der Waals surface area contributed by atoms with E-state index in [1.807, 2.05) is 17.4 Å². The van der Waals surface area contributed by atoms with Gasteiger partial charge in [-0.1, -0.05) is 80.6 Å². The maximum atomic E-state index is 9.92. The molecule has 0 spiro atoms. The van der Waals surface area contributed by atoms with Gasteiger partial charge in [0.1, 0.15) is 0 Å². The number of benzene rings is 5. The summed E-state index contributed by atoms with van der Waals surface area (Å²) in [6.07, 6.45) is 6.93. The number of nitrogens with zero attached hydrogens (tertiary/aromatic N) is 2. The topological polar surface area (TPSA) is 28.7 Å². The fraction of sp³-hybridized carbons (Fsp3) is 0.125. The smallest absolute Gasteiger partial charge is 0.0991 e. The Hall–Kier alpha value is -4.91. The highest BCUT2D eigenvalue weighted by Gasteiger charge is 2.38. The van der Waals surface area contributed by atoms with Gasteiger partial charge in [0.15, 0.2) is 0 Å². The van der Waals surface area contributed by atoms with Crippen molar-refractivity contribution in [3.05, 3.63) is 131 Å². The Morgan fingerprint density at radius 2 is 1.56 bits per heavy atom. The molecule has 2 heterocycles. The summed E-state index contributed by atoms with van der Waals surface area (Å²) >= 11 is 1.92. The van der Waals surface area contributed by atoms with E-state index in [1.54, 1.807) is 0 Å². The molecule has 0 saturated heterocycles. The highest BCUT2D eigenvalue weighted by Crippen LogP contribution is 2.54. The number of hydrogen-bond donors (Lipinski definition) is 0. The fourth-order valence-electron chi connectivity index (χ4n) is 7.70. The van der Waals surface area contributed by atoms with Gasteiger partial charge >= 0.3 is 0 Å². The maximum absolute atomic E-state index is 9.92. The van der Waals surface area contributed by atoms with E-state index in [1.165, 1.54) is 64.3 Å². The van der Waals surface area contributed by atoms with E-state index in [2.05, 4.69) is 128 Å². The lowest BCUT2D eigenvalue weighted by Gasteiger charge is -2.23. The van der Waals surface area contributed by atoms with Crippen molar-refractivity contribution in [2.45, 2.75) is 32.1 Å². The van der Waals surface area contributed by atoms with Crippen molar-refractivity contribution < 1.29 is 0 Å². The zero-order valence-electron chi connectivity index (χ0n) is 24.1. The second-order valence-corrected chi connectivity index (χ2v) is 13.4. The van der Waals surface area contributed by atoms with Gasteiger partial charge < -0.3 is 4.57 Å². The highest BCUT2D eigenvalue weighted by molar-refractivity contribution is 7.26. The molecule has 0 saturated carbocycles. The second-order valence-electron chi connectivity index (χ2n) is 12.3. The predicted molar refractivity (Wildman–Crippen MR) is 182 cm³/mol.